The van der Waals surface area contributed by atoms with Crippen LogP contribution < -0.4 is 0 Å². The zero-order valence-corrected chi connectivity index (χ0v) is 11.7. The molecule has 1 saturated carbocycles. The number of benzene rings is 1. The lowest BCUT2D eigenvalue weighted by Crippen LogP contribution is -2.30. The van der Waals surface area contributed by atoms with Gasteiger partial charge in [-0.3, -0.25) is 4.79 Å². The van der Waals surface area contributed by atoms with E-state index in [1.54, 1.807) is 0 Å². The molecule has 2 aliphatic rings. The van der Waals surface area contributed by atoms with Gasteiger partial charge in [-0.2, -0.15) is 0 Å². The number of carbonyl (C=O) groups is 1. The molecule has 0 spiro atoms. The molecule has 2 heteroatoms. The van der Waals surface area contributed by atoms with E-state index in [1.165, 1.54) is 32.4 Å². The first-order chi connectivity index (χ1) is 9.24. The second-order valence-corrected chi connectivity index (χ2v) is 6.30. The van der Waals surface area contributed by atoms with E-state index >= 15 is 0 Å². The molecule has 0 bridgehead atoms. The van der Waals surface area contributed by atoms with Gasteiger partial charge < -0.3 is 4.90 Å². The van der Waals surface area contributed by atoms with E-state index in [4.69, 9.17) is 0 Å². The van der Waals surface area contributed by atoms with Crippen LogP contribution in [-0.4, -0.2) is 30.3 Å². The lowest BCUT2D eigenvalue weighted by Gasteiger charge is -2.20. The van der Waals surface area contributed by atoms with Crippen LogP contribution in [0.4, 0.5) is 0 Å². The maximum Gasteiger partial charge on any atom is 0.166 e. The monoisotopic (exact) mass is 257 g/mol. The van der Waals surface area contributed by atoms with Crippen LogP contribution in [0, 0.1) is 17.8 Å². The lowest BCUT2D eigenvalue weighted by molar-refractivity contribution is 0.0900. The van der Waals surface area contributed by atoms with Crippen molar-refractivity contribution < 1.29 is 4.79 Å². The van der Waals surface area contributed by atoms with E-state index in [9.17, 15) is 4.79 Å². The summed E-state index contributed by atoms with van der Waals surface area (Å²) in [4.78, 5) is 14.9. The highest BCUT2D eigenvalue weighted by Gasteiger charge is 2.36. The molecule has 2 nitrogen and oxygen atoms in total. The number of hydrogen-bond donors (Lipinski definition) is 0. The molecule has 0 amide bonds. The Morgan fingerprint density at radius 1 is 1.21 bits per heavy atom. The van der Waals surface area contributed by atoms with E-state index in [0.29, 0.717) is 0 Å². The molecule has 1 aliphatic carbocycles. The molecule has 102 valence electrons. The zero-order chi connectivity index (χ0) is 13.2. The molecule has 1 aromatic rings. The van der Waals surface area contributed by atoms with Crippen LogP contribution >= 0.6 is 0 Å². The van der Waals surface area contributed by atoms with E-state index in [1.807, 2.05) is 30.3 Å². The highest BCUT2D eigenvalue weighted by atomic mass is 16.1. The van der Waals surface area contributed by atoms with E-state index < -0.39 is 0 Å². The number of likely N-dealkylation sites (tertiary alicyclic amines) is 1. The van der Waals surface area contributed by atoms with Crippen LogP contribution in [0.25, 0.3) is 0 Å². The zero-order valence-electron chi connectivity index (χ0n) is 11.7. The summed E-state index contributed by atoms with van der Waals surface area (Å²) in [6.45, 7) is 5.44. The van der Waals surface area contributed by atoms with Gasteiger partial charge in [0.2, 0.25) is 0 Å². The third kappa shape index (κ3) is 2.74. The second kappa shape index (κ2) is 5.46. The van der Waals surface area contributed by atoms with Crippen molar-refractivity contribution in [2.45, 2.75) is 26.2 Å². The molecule has 3 unspecified atom stereocenters. The average Bonchev–Trinajstić information content (AvgIpc) is 2.99. The summed E-state index contributed by atoms with van der Waals surface area (Å²) < 4.78 is 0. The summed E-state index contributed by atoms with van der Waals surface area (Å²) in [6, 6.07) is 9.71. The normalized spacial score (nSPS) is 28.3. The predicted octanol–water partition coefficient (Wildman–Crippen LogP) is 3.24. The molecule has 1 aliphatic heterocycles. The van der Waals surface area contributed by atoms with Crippen LogP contribution in [0.3, 0.4) is 0 Å². The van der Waals surface area contributed by atoms with Gasteiger partial charge in [-0.25, -0.2) is 0 Å². The molecule has 1 aromatic carbocycles. The Kier molecular flexibility index (Phi) is 3.69. The predicted molar refractivity (Wildman–Crippen MR) is 77.2 cm³/mol. The number of ketones is 1. The van der Waals surface area contributed by atoms with Crippen LogP contribution in [0.1, 0.15) is 36.5 Å². The number of nitrogens with zero attached hydrogens (tertiary/aromatic N) is 1. The quantitative estimate of drug-likeness (QED) is 0.772. The standard InChI is InChI=1S/C17H23NO/c1-13(17(19)14-6-3-2-4-7-14)10-18-11-15-8-5-9-16(15)12-18/h2-4,6-7,13,15-16H,5,8-12H2,1H3. The Balaban J connectivity index is 1.57. The van der Waals surface area contributed by atoms with Crippen molar-refractivity contribution in [3.63, 3.8) is 0 Å². The first-order valence-electron chi connectivity index (χ1n) is 7.55. The smallest absolute Gasteiger partial charge is 0.166 e. The topological polar surface area (TPSA) is 20.3 Å². The largest absolute Gasteiger partial charge is 0.302 e. The first-order valence-corrected chi connectivity index (χ1v) is 7.55. The third-order valence-corrected chi connectivity index (χ3v) is 4.84. The summed E-state index contributed by atoms with van der Waals surface area (Å²) in [6.07, 6.45) is 4.23. The fourth-order valence-electron chi connectivity index (χ4n) is 3.84. The van der Waals surface area contributed by atoms with Gasteiger partial charge in [-0.1, -0.05) is 43.7 Å². The molecule has 2 fully saturated rings. The molecule has 19 heavy (non-hydrogen) atoms. The van der Waals surface area contributed by atoms with Crippen molar-refractivity contribution in [2.75, 3.05) is 19.6 Å². The van der Waals surface area contributed by atoms with Crippen LogP contribution in [-0.2, 0) is 0 Å². The van der Waals surface area contributed by atoms with Crippen LogP contribution in [0.2, 0.25) is 0 Å². The van der Waals surface area contributed by atoms with Crippen molar-refractivity contribution in [1.82, 2.24) is 4.90 Å². The van der Waals surface area contributed by atoms with Gasteiger partial charge in [0.25, 0.3) is 0 Å². The van der Waals surface area contributed by atoms with Crippen molar-refractivity contribution in [3.05, 3.63) is 35.9 Å². The van der Waals surface area contributed by atoms with Gasteiger partial charge in [0.15, 0.2) is 5.78 Å². The molecule has 3 atom stereocenters. The number of carbonyl (C=O) groups excluding carboxylic acids is 1. The van der Waals surface area contributed by atoms with Gasteiger partial charge >= 0.3 is 0 Å². The Morgan fingerprint density at radius 2 is 1.84 bits per heavy atom. The van der Waals surface area contributed by atoms with Crippen molar-refractivity contribution >= 4 is 5.78 Å². The third-order valence-electron chi connectivity index (χ3n) is 4.84. The molecular formula is C17H23NO. The number of fused-ring (bicyclic) bond motifs is 1. The van der Waals surface area contributed by atoms with Gasteiger partial charge in [0.1, 0.15) is 0 Å². The summed E-state index contributed by atoms with van der Waals surface area (Å²) >= 11 is 0. The van der Waals surface area contributed by atoms with Gasteiger partial charge in [0, 0.05) is 31.1 Å². The van der Waals surface area contributed by atoms with Gasteiger partial charge in [-0.05, 0) is 24.7 Å². The van der Waals surface area contributed by atoms with E-state index in [0.717, 1.165) is 23.9 Å². The highest BCUT2D eigenvalue weighted by Crippen LogP contribution is 2.37. The Hall–Kier alpha value is -1.15. The minimum atomic E-state index is 0.112. The minimum Gasteiger partial charge on any atom is -0.302 e. The van der Waals surface area contributed by atoms with Gasteiger partial charge in [-0.15, -0.1) is 0 Å². The van der Waals surface area contributed by atoms with Gasteiger partial charge in [0.05, 0.1) is 0 Å². The van der Waals surface area contributed by atoms with E-state index in [2.05, 4.69) is 11.8 Å². The molecule has 0 aromatic heterocycles. The van der Waals surface area contributed by atoms with E-state index in [-0.39, 0.29) is 11.7 Å². The number of rotatable bonds is 4. The number of hydrogen-bond acceptors (Lipinski definition) is 2. The van der Waals surface area contributed by atoms with Crippen molar-refractivity contribution in [1.29, 1.82) is 0 Å². The Labute approximate surface area is 115 Å². The first kappa shape index (κ1) is 12.9. The summed E-state index contributed by atoms with van der Waals surface area (Å²) in [5, 5.41) is 0. The number of Topliss-reactive ketones (excluding diaryl/α,β-unsaturated/α-hetero) is 1. The molecule has 0 N–H and O–H groups in total. The average molecular weight is 257 g/mol. The summed E-state index contributed by atoms with van der Waals surface area (Å²) in [5.41, 5.74) is 0.856. The summed E-state index contributed by atoms with van der Waals surface area (Å²) in [5.74, 6) is 2.23. The Morgan fingerprint density at radius 3 is 2.47 bits per heavy atom. The molecule has 0 radical (unpaired) electrons. The Bertz CT molecular complexity index is 430. The maximum absolute atomic E-state index is 12.4. The van der Waals surface area contributed by atoms with Crippen molar-refractivity contribution in [2.24, 2.45) is 17.8 Å². The SMILES string of the molecule is CC(CN1CC2CCCC2C1)C(=O)c1ccccc1. The van der Waals surface area contributed by atoms with Crippen LogP contribution in [0.15, 0.2) is 30.3 Å². The minimum absolute atomic E-state index is 0.112. The lowest BCUT2D eigenvalue weighted by atomic mass is 9.99. The van der Waals surface area contributed by atoms with Crippen LogP contribution in [0.5, 0.6) is 0 Å². The second-order valence-electron chi connectivity index (χ2n) is 6.30. The summed E-state index contributed by atoms with van der Waals surface area (Å²) in [7, 11) is 0. The highest BCUT2D eigenvalue weighted by molar-refractivity contribution is 5.97. The molecule has 1 heterocycles. The maximum atomic E-state index is 12.4. The fourth-order valence-corrected chi connectivity index (χ4v) is 3.84. The van der Waals surface area contributed by atoms with Crippen molar-refractivity contribution in [3.8, 4) is 0 Å². The molecular weight excluding hydrogens is 234 g/mol. The fraction of sp³-hybridized carbons (Fsp3) is 0.588. The molecule has 1 saturated heterocycles. The molecule has 3 rings (SSSR count).